The van der Waals surface area contributed by atoms with Crippen LogP contribution in [0.2, 0.25) is 0 Å². The van der Waals surface area contributed by atoms with Crippen molar-refractivity contribution in [3.05, 3.63) is 35.9 Å². The third kappa shape index (κ3) is 2.91. The zero-order valence-corrected chi connectivity index (χ0v) is 12.5. The van der Waals surface area contributed by atoms with Crippen LogP contribution < -0.4 is 0 Å². The van der Waals surface area contributed by atoms with Crippen molar-refractivity contribution in [2.75, 3.05) is 13.1 Å². The van der Waals surface area contributed by atoms with E-state index in [9.17, 15) is 5.11 Å². The highest BCUT2D eigenvalue weighted by Gasteiger charge is 2.36. The highest BCUT2D eigenvalue weighted by molar-refractivity contribution is 5.22. The number of nitrogens with zero attached hydrogens (tertiary/aromatic N) is 1. The number of aliphatic hydroxyl groups excluding tert-OH is 1. The Morgan fingerprint density at radius 1 is 1.10 bits per heavy atom. The second-order valence-electron chi connectivity index (χ2n) is 6.65. The summed E-state index contributed by atoms with van der Waals surface area (Å²) < 4.78 is 0. The summed E-state index contributed by atoms with van der Waals surface area (Å²) in [5.74, 6) is 1.17. The molecule has 2 fully saturated rings. The summed E-state index contributed by atoms with van der Waals surface area (Å²) in [6.07, 6.45) is 6.27. The smallest absolute Gasteiger partial charge is 0.0552 e. The molecule has 0 amide bonds. The normalized spacial score (nSPS) is 33.2. The van der Waals surface area contributed by atoms with Crippen LogP contribution in [0.4, 0.5) is 0 Å². The molecule has 20 heavy (non-hydrogen) atoms. The number of rotatable bonds is 3. The first kappa shape index (κ1) is 14.1. The van der Waals surface area contributed by atoms with Gasteiger partial charge < -0.3 is 5.11 Å². The Labute approximate surface area is 122 Å². The van der Waals surface area contributed by atoms with Crippen molar-refractivity contribution < 1.29 is 5.11 Å². The molecule has 1 aromatic rings. The Hall–Kier alpha value is -0.860. The molecule has 2 nitrogen and oxygen atoms in total. The van der Waals surface area contributed by atoms with Crippen molar-refractivity contribution in [3.8, 4) is 0 Å². The lowest BCUT2D eigenvalue weighted by Crippen LogP contribution is -2.46. The molecular weight excluding hydrogens is 246 g/mol. The summed E-state index contributed by atoms with van der Waals surface area (Å²) in [5.41, 5.74) is 1.51. The van der Waals surface area contributed by atoms with Crippen LogP contribution in [0.15, 0.2) is 30.3 Å². The second kappa shape index (κ2) is 6.28. The van der Waals surface area contributed by atoms with Gasteiger partial charge in [0.05, 0.1) is 6.10 Å². The Morgan fingerprint density at radius 2 is 1.90 bits per heavy atom. The lowest BCUT2D eigenvalue weighted by atomic mass is 9.88. The molecule has 2 heteroatoms. The van der Waals surface area contributed by atoms with Crippen LogP contribution in [0, 0.1) is 5.92 Å². The van der Waals surface area contributed by atoms with E-state index in [1.54, 1.807) is 0 Å². The summed E-state index contributed by atoms with van der Waals surface area (Å²) in [6, 6.07) is 11.7. The predicted octanol–water partition coefficient (Wildman–Crippen LogP) is 3.42. The molecule has 1 heterocycles. The van der Waals surface area contributed by atoms with Crippen LogP contribution in [-0.2, 0) is 0 Å². The van der Waals surface area contributed by atoms with E-state index in [4.69, 9.17) is 0 Å². The Kier molecular flexibility index (Phi) is 4.42. The van der Waals surface area contributed by atoms with Crippen molar-refractivity contribution in [2.45, 2.75) is 57.1 Å². The average Bonchev–Trinajstić information content (AvgIpc) is 2.98. The molecule has 4 atom stereocenters. The zero-order valence-electron chi connectivity index (χ0n) is 12.5. The maximum Gasteiger partial charge on any atom is 0.0552 e. The third-order valence-electron chi connectivity index (χ3n) is 5.35. The van der Waals surface area contributed by atoms with Crippen LogP contribution in [0.1, 0.15) is 50.5 Å². The molecule has 1 N–H and O–H groups in total. The molecule has 0 radical (unpaired) electrons. The average molecular weight is 273 g/mol. The molecule has 4 unspecified atom stereocenters. The van der Waals surface area contributed by atoms with E-state index >= 15 is 0 Å². The van der Waals surface area contributed by atoms with Gasteiger partial charge in [-0.25, -0.2) is 0 Å². The van der Waals surface area contributed by atoms with E-state index in [0.29, 0.717) is 17.9 Å². The first-order chi connectivity index (χ1) is 9.75. The number of hydrogen-bond donors (Lipinski definition) is 1. The third-order valence-corrected chi connectivity index (χ3v) is 5.35. The molecule has 110 valence electrons. The van der Waals surface area contributed by atoms with Crippen LogP contribution in [-0.4, -0.2) is 35.2 Å². The molecule has 1 saturated carbocycles. The van der Waals surface area contributed by atoms with Crippen molar-refractivity contribution in [1.29, 1.82) is 0 Å². The largest absolute Gasteiger partial charge is 0.393 e. The molecule has 0 bridgehead atoms. The lowest BCUT2D eigenvalue weighted by Gasteiger charge is -2.40. The summed E-state index contributed by atoms with van der Waals surface area (Å²) in [7, 11) is 0. The molecule has 1 aliphatic heterocycles. The Bertz CT molecular complexity index is 417. The standard InChI is InChI=1S/C18H27NO/c1-14(20)16-9-6-12-19(13-16)18-11-5-10-17(18)15-7-3-2-4-8-15/h2-4,7-8,14,16-18,20H,5-6,9-13H2,1H3. The Morgan fingerprint density at radius 3 is 2.65 bits per heavy atom. The summed E-state index contributed by atoms with van der Waals surface area (Å²) in [5, 5.41) is 9.89. The first-order valence-electron chi connectivity index (χ1n) is 8.23. The van der Waals surface area contributed by atoms with Crippen molar-refractivity contribution in [2.24, 2.45) is 5.92 Å². The van der Waals surface area contributed by atoms with Gasteiger partial charge in [0.2, 0.25) is 0 Å². The van der Waals surface area contributed by atoms with Crippen molar-refractivity contribution in [3.63, 3.8) is 0 Å². The van der Waals surface area contributed by atoms with Crippen LogP contribution in [0.3, 0.4) is 0 Å². The lowest BCUT2D eigenvalue weighted by molar-refractivity contribution is 0.0416. The highest BCUT2D eigenvalue weighted by Crippen LogP contribution is 2.39. The van der Waals surface area contributed by atoms with Gasteiger partial charge in [-0.1, -0.05) is 36.8 Å². The zero-order chi connectivity index (χ0) is 13.9. The molecule has 0 aromatic heterocycles. The minimum Gasteiger partial charge on any atom is -0.393 e. The maximum absolute atomic E-state index is 9.89. The van der Waals surface area contributed by atoms with Gasteiger partial charge in [0.15, 0.2) is 0 Å². The van der Waals surface area contributed by atoms with E-state index in [2.05, 4.69) is 35.2 Å². The van der Waals surface area contributed by atoms with Gasteiger partial charge in [0.25, 0.3) is 0 Å². The van der Waals surface area contributed by atoms with Crippen molar-refractivity contribution >= 4 is 0 Å². The summed E-state index contributed by atoms with van der Waals surface area (Å²) in [4.78, 5) is 2.67. The monoisotopic (exact) mass is 273 g/mol. The van der Waals surface area contributed by atoms with Gasteiger partial charge in [0.1, 0.15) is 0 Å². The molecule has 1 aromatic carbocycles. The van der Waals surface area contributed by atoms with Crippen molar-refractivity contribution in [1.82, 2.24) is 4.90 Å². The number of aliphatic hydroxyl groups is 1. The van der Waals surface area contributed by atoms with E-state index in [-0.39, 0.29) is 6.10 Å². The number of benzene rings is 1. The van der Waals surface area contributed by atoms with Gasteiger partial charge in [-0.3, -0.25) is 4.90 Å². The minimum absolute atomic E-state index is 0.158. The molecule has 0 spiro atoms. The first-order valence-corrected chi connectivity index (χ1v) is 8.23. The van der Waals surface area contributed by atoms with Gasteiger partial charge in [-0.15, -0.1) is 0 Å². The van der Waals surface area contributed by atoms with Gasteiger partial charge >= 0.3 is 0 Å². The quantitative estimate of drug-likeness (QED) is 0.912. The molecule has 2 aliphatic rings. The van der Waals surface area contributed by atoms with Crippen LogP contribution >= 0.6 is 0 Å². The van der Waals surface area contributed by atoms with E-state index < -0.39 is 0 Å². The SMILES string of the molecule is CC(O)C1CCCN(C2CCCC2c2ccccc2)C1. The molecular formula is C18H27NO. The number of hydrogen-bond acceptors (Lipinski definition) is 2. The fourth-order valence-corrected chi connectivity index (χ4v) is 4.20. The predicted molar refractivity (Wildman–Crippen MR) is 82.8 cm³/mol. The molecule has 3 rings (SSSR count). The molecule has 1 aliphatic carbocycles. The number of piperidine rings is 1. The van der Waals surface area contributed by atoms with Crippen LogP contribution in [0.5, 0.6) is 0 Å². The van der Waals surface area contributed by atoms with Gasteiger partial charge in [0, 0.05) is 12.6 Å². The summed E-state index contributed by atoms with van der Waals surface area (Å²) >= 11 is 0. The van der Waals surface area contributed by atoms with E-state index in [1.165, 1.54) is 44.2 Å². The summed E-state index contributed by atoms with van der Waals surface area (Å²) in [6.45, 7) is 4.26. The fraction of sp³-hybridized carbons (Fsp3) is 0.667. The topological polar surface area (TPSA) is 23.5 Å². The number of likely N-dealkylation sites (tertiary alicyclic amines) is 1. The fourth-order valence-electron chi connectivity index (χ4n) is 4.20. The minimum atomic E-state index is -0.158. The second-order valence-corrected chi connectivity index (χ2v) is 6.65. The molecule has 1 saturated heterocycles. The highest BCUT2D eigenvalue weighted by atomic mass is 16.3. The van der Waals surface area contributed by atoms with E-state index in [1.807, 2.05) is 6.92 Å². The van der Waals surface area contributed by atoms with Gasteiger partial charge in [-0.05, 0) is 56.6 Å². The maximum atomic E-state index is 9.89. The van der Waals surface area contributed by atoms with E-state index in [0.717, 1.165) is 6.54 Å². The Balaban J connectivity index is 1.72. The van der Waals surface area contributed by atoms with Gasteiger partial charge in [-0.2, -0.15) is 0 Å². The van der Waals surface area contributed by atoms with Crippen LogP contribution in [0.25, 0.3) is 0 Å².